The van der Waals surface area contributed by atoms with Gasteiger partial charge < -0.3 is 9.47 Å². The minimum absolute atomic E-state index is 0.0114. The van der Waals surface area contributed by atoms with Gasteiger partial charge in [-0.15, -0.1) is 0 Å². The van der Waals surface area contributed by atoms with Gasteiger partial charge >= 0.3 is 0 Å². The smallest absolute Gasteiger partial charge is 0.132 e. The Kier molecular flexibility index (Phi) is 6.40. The summed E-state index contributed by atoms with van der Waals surface area (Å²) in [5.41, 5.74) is 5.12. The van der Waals surface area contributed by atoms with E-state index < -0.39 is 0 Å². The summed E-state index contributed by atoms with van der Waals surface area (Å²) in [6.07, 6.45) is 6.29. The van der Waals surface area contributed by atoms with Gasteiger partial charge in [0.2, 0.25) is 0 Å². The predicted octanol–water partition coefficient (Wildman–Crippen LogP) is 6.91. The van der Waals surface area contributed by atoms with Crippen molar-refractivity contribution >= 4 is 22.1 Å². The van der Waals surface area contributed by atoms with Gasteiger partial charge in [-0.2, -0.15) is 0 Å². The maximum Gasteiger partial charge on any atom is 0.132 e. The van der Waals surface area contributed by atoms with Crippen LogP contribution < -0.4 is 9.47 Å². The summed E-state index contributed by atoms with van der Waals surface area (Å²) >= 11 is 0. The van der Waals surface area contributed by atoms with Gasteiger partial charge in [-0.3, -0.25) is 4.79 Å². The molecule has 3 rings (SSSR count). The molecule has 0 amide bonds. The molecule has 0 aromatic heterocycles. The lowest BCUT2D eigenvalue weighted by atomic mass is 9.87. The third kappa shape index (κ3) is 4.61. The molecule has 0 aliphatic heterocycles. The Labute approximate surface area is 180 Å². The van der Waals surface area contributed by atoms with Crippen LogP contribution in [-0.2, 0) is 4.79 Å². The lowest BCUT2D eigenvalue weighted by molar-refractivity contribution is -0.120. The van der Waals surface area contributed by atoms with Gasteiger partial charge in [0.05, 0.1) is 13.7 Å². The second kappa shape index (κ2) is 8.67. The normalized spacial score (nSPS) is 15.0. The Morgan fingerprint density at radius 3 is 2.47 bits per heavy atom. The minimum Gasteiger partial charge on any atom is -0.496 e. The lowest BCUT2D eigenvalue weighted by Gasteiger charge is -2.18. The number of methoxy groups -OCH3 is 1. The number of aryl methyl sites for hydroxylation is 1. The van der Waals surface area contributed by atoms with Crippen molar-refractivity contribution in [2.75, 3.05) is 13.7 Å². The van der Waals surface area contributed by atoms with E-state index in [9.17, 15) is 4.79 Å². The zero-order valence-electron chi connectivity index (χ0n) is 19.4. The van der Waals surface area contributed by atoms with E-state index in [0.29, 0.717) is 13.0 Å². The summed E-state index contributed by atoms with van der Waals surface area (Å²) in [7, 11) is 1.71. The molecule has 0 saturated carbocycles. The van der Waals surface area contributed by atoms with Gasteiger partial charge in [-0.25, -0.2) is 0 Å². The summed E-state index contributed by atoms with van der Waals surface area (Å²) in [6.45, 7) is 13.0. The van der Waals surface area contributed by atoms with Crippen LogP contribution in [0.1, 0.15) is 58.6 Å². The molecule has 1 atom stereocenters. The van der Waals surface area contributed by atoms with Gasteiger partial charge in [0.15, 0.2) is 0 Å². The number of benzene rings is 2. The number of rotatable bonds is 7. The van der Waals surface area contributed by atoms with Gasteiger partial charge in [0.1, 0.15) is 17.3 Å². The van der Waals surface area contributed by atoms with Crippen molar-refractivity contribution in [3.63, 3.8) is 0 Å². The zero-order valence-corrected chi connectivity index (χ0v) is 19.4. The molecule has 1 aliphatic carbocycles. The SMILES string of the molecule is COc1ccc2c(OCCC(C)C(C)=O)cc(C3=CC(C(C)(C)C)=CC3)cc2c1C. The number of carbonyl (C=O) groups excluding carboxylic acids is 1. The van der Waals surface area contributed by atoms with Crippen molar-refractivity contribution < 1.29 is 14.3 Å². The molecule has 30 heavy (non-hydrogen) atoms. The van der Waals surface area contributed by atoms with Crippen molar-refractivity contribution in [3.05, 3.63) is 53.1 Å². The Bertz CT molecular complexity index is 1020. The molecule has 3 nitrogen and oxygen atoms in total. The number of ketones is 1. The molecule has 1 unspecified atom stereocenters. The van der Waals surface area contributed by atoms with Crippen LogP contribution in [0.4, 0.5) is 0 Å². The second-order valence-corrected chi connectivity index (χ2v) is 9.39. The van der Waals surface area contributed by atoms with Crippen molar-refractivity contribution in [1.29, 1.82) is 0 Å². The molecule has 160 valence electrons. The molecule has 1 aliphatic rings. The van der Waals surface area contributed by atoms with Crippen LogP contribution in [0.5, 0.6) is 11.5 Å². The molecule has 0 heterocycles. The van der Waals surface area contributed by atoms with Crippen molar-refractivity contribution in [2.45, 2.75) is 54.4 Å². The first kappa shape index (κ1) is 22.1. The average Bonchev–Trinajstić information content (AvgIpc) is 3.19. The van der Waals surface area contributed by atoms with Crippen LogP contribution in [0.15, 0.2) is 42.0 Å². The molecule has 0 spiro atoms. The van der Waals surface area contributed by atoms with E-state index in [1.807, 2.05) is 13.0 Å². The number of ether oxygens (including phenoxy) is 2. The predicted molar refractivity (Wildman–Crippen MR) is 125 cm³/mol. The fraction of sp³-hybridized carbons (Fsp3) is 0.444. The third-order valence-electron chi connectivity index (χ3n) is 6.15. The highest BCUT2D eigenvalue weighted by molar-refractivity contribution is 5.95. The molecule has 3 heteroatoms. The number of Topliss-reactive ketones (excluding diaryl/α,β-unsaturated/α-hetero) is 1. The van der Waals surface area contributed by atoms with Crippen LogP contribution in [0.2, 0.25) is 0 Å². The fourth-order valence-corrected chi connectivity index (χ4v) is 3.85. The van der Waals surface area contributed by atoms with Crippen molar-refractivity contribution in [3.8, 4) is 11.5 Å². The first-order chi connectivity index (χ1) is 14.1. The highest BCUT2D eigenvalue weighted by Crippen LogP contribution is 2.40. The minimum atomic E-state index is 0.0114. The molecule has 0 fully saturated rings. The van der Waals surface area contributed by atoms with E-state index >= 15 is 0 Å². The van der Waals surface area contributed by atoms with E-state index in [-0.39, 0.29) is 17.1 Å². The Hall–Kier alpha value is -2.55. The number of allylic oxidation sites excluding steroid dienone is 4. The molecule has 0 N–H and O–H groups in total. The number of hydrogen-bond acceptors (Lipinski definition) is 3. The van der Waals surface area contributed by atoms with E-state index in [2.05, 4.69) is 58.0 Å². The molecular formula is C27H34O3. The Morgan fingerprint density at radius 1 is 1.13 bits per heavy atom. The third-order valence-corrected chi connectivity index (χ3v) is 6.15. The van der Waals surface area contributed by atoms with Gasteiger partial charge in [0, 0.05) is 11.3 Å². The van der Waals surface area contributed by atoms with Crippen LogP contribution in [0.25, 0.3) is 16.3 Å². The number of hydrogen-bond donors (Lipinski definition) is 0. The highest BCUT2D eigenvalue weighted by atomic mass is 16.5. The van der Waals surface area contributed by atoms with Crippen molar-refractivity contribution in [1.82, 2.24) is 0 Å². The highest BCUT2D eigenvalue weighted by Gasteiger charge is 2.21. The second-order valence-electron chi connectivity index (χ2n) is 9.39. The molecular weight excluding hydrogens is 372 g/mol. The summed E-state index contributed by atoms with van der Waals surface area (Å²) in [4.78, 5) is 11.6. The van der Waals surface area contributed by atoms with Crippen LogP contribution in [-0.4, -0.2) is 19.5 Å². The van der Waals surface area contributed by atoms with E-state index in [1.165, 1.54) is 16.7 Å². The summed E-state index contributed by atoms with van der Waals surface area (Å²) in [5, 5.41) is 2.22. The Morgan fingerprint density at radius 2 is 1.87 bits per heavy atom. The maximum absolute atomic E-state index is 11.6. The van der Waals surface area contributed by atoms with Gasteiger partial charge in [0.25, 0.3) is 0 Å². The number of fused-ring (bicyclic) bond motifs is 1. The molecule has 0 bridgehead atoms. The van der Waals surface area contributed by atoms with E-state index in [1.54, 1.807) is 14.0 Å². The largest absolute Gasteiger partial charge is 0.496 e. The molecule has 0 radical (unpaired) electrons. The molecule has 2 aromatic rings. The van der Waals surface area contributed by atoms with Crippen molar-refractivity contribution in [2.24, 2.45) is 11.3 Å². The lowest BCUT2D eigenvalue weighted by Crippen LogP contribution is -2.11. The first-order valence-electron chi connectivity index (χ1n) is 10.8. The monoisotopic (exact) mass is 406 g/mol. The van der Waals surface area contributed by atoms with E-state index in [0.717, 1.165) is 34.3 Å². The summed E-state index contributed by atoms with van der Waals surface area (Å²) < 4.78 is 11.8. The van der Waals surface area contributed by atoms with Gasteiger partial charge in [-0.1, -0.05) is 39.8 Å². The fourth-order valence-electron chi connectivity index (χ4n) is 3.85. The molecule has 0 saturated heterocycles. The van der Waals surface area contributed by atoms with E-state index in [4.69, 9.17) is 9.47 Å². The standard InChI is InChI=1S/C27H34O3/c1-17(19(3)28)12-13-30-26-16-21(20-8-9-22(14-20)27(4,5)6)15-24-18(2)25(29-7)11-10-23(24)26/h9-11,14-17H,8,12-13H2,1-7H3. The van der Waals surface area contributed by atoms with Gasteiger partial charge in [-0.05, 0) is 84.0 Å². The first-order valence-corrected chi connectivity index (χ1v) is 10.8. The van der Waals surface area contributed by atoms with Crippen LogP contribution in [0, 0.1) is 18.3 Å². The summed E-state index contributed by atoms with van der Waals surface area (Å²) in [5.74, 6) is 1.96. The average molecular weight is 407 g/mol. The quantitative estimate of drug-likeness (QED) is 0.501. The van der Waals surface area contributed by atoms with Crippen LogP contribution >= 0.6 is 0 Å². The maximum atomic E-state index is 11.6. The summed E-state index contributed by atoms with van der Waals surface area (Å²) in [6, 6.07) is 8.47. The number of carbonyl (C=O) groups is 1. The topological polar surface area (TPSA) is 35.5 Å². The van der Waals surface area contributed by atoms with Crippen LogP contribution in [0.3, 0.4) is 0 Å². The Balaban J connectivity index is 2.02. The molecule has 2 aromatic carbocycles. The zero-order chi connectivity index (χ0) is 22.1.